The predicted molar refractivity (Wildman–Crippen MR) is 100 cm³/mol. The van der Waals surface area contributed by atoms with Crippen molar-refractivity contribution in [3.8, 4) is 22.9 Å². The third kappa shape index (κ3) is 4.84. The van der Waals surface area contributed by atoms with Crippen LogP contribution in [0.25, 0.3) is 11.4 Å². The lowest BCUT2D eigenvalue weighted by Crippen LogP contribution is -2.09. The molecule has 0 atom stereocenters. The van der Waals surface area contributed by atoms with Gasteiger partial charge in [-0.1, -0.05) is 44.1 Å². The van der Waals surface area contributed by atoms with Crippen LogP contribution in [0, 0.1) is 11.2 Å². The molecule has 0 radical (unpaired) electrons. The highest BCUT2D eigenvalue weighted by Gasteiger charge is 2.18. The van der Waals surface area contributed by atoms with Crippen LogP contribution < -0.4 is 9.47 Å². The fourth-order valence-corrected chi connectivity index (χ4v) is 2.59. The van der Waals surface area contributed by atoms with E-state index in [1.54, 1.807) is 37.4 Å². The monoisotopic (exact) mass is 370 g/mol. The molecule has 0 fully saturated rings. The lowest BCUT2D eigenvalue weighted by Gasteiger charge is -2.13. The van der Waals surface area contributed by atoms with Gasteiger partial charge in [0.1, 0.15) is 12.4 Å². The van der Waals surface area contributed by atoms with E-state index < -0.39 is 0 Å². The fraction of sp³-hybridized carbons (Fsp3) is 0.333. The molecule has 0 bridgehead atoms. The van der Waals surface area contributed by atoms with E-state index in [1.165, 1.54) is 6.07 Å². The standard InChI is InChI=1S/C21H23FN2O3/c1-21(2,3)12-19-23-20(24-27-19)14-9-10-17(18(11-14)25-4)26-13-15-7-5-6-8-16(15)22/h5-11H,12-13H2,1-4H3. The highest BCUT2D eigenvalue weighted by atomic mass is 19.1. The first kappa shape index (κ1) is 18.9. The lowest BCUT2D eigenvalue weighted by molar-refractivity contribution is 0.280. The highest BCUT2D eigenvalue weighted by molar-refractivity contribution is 5.60. The Morgan fingerprint density at radius 2 is 1.85 bits per heavy atom. The van der Waals surface area contributed by atoms with Crippen molar-refractivity contribution in [2.24, 2.45) is 5.41 Å². The summed E-state index contributed by atoms with van der Waals surface area (Å²) in [4.78, 5) is 4.45. The zero-order valence-corrected chi connectivity index (χ0v) is 16.0. The third-order valence-electron chi connectivity index (χ3n) is 3.91. The smallest absolute Gasteiger partial charge is 0.227 e. The van der Waals surface area contributed by atoms with Crippen LogP contribution in [-0.4, -0.2) is 17.3 Å². The van der Waals surface area contributed by atoms with Gasteiger partial charge in [-0.3, -0.25) is 0 Å². The Hall–Kier alpha value is -2.89. The summed E-state index contributed by atoms with van der Waals surface area (Å²) in [6, 6.07) is 11.9. The molecule has 0 unspecified atom stereocenters. The molecule has 27 heavy (non-hydrogen) atoms. The topological polar surface area (TPSA) is 57.4 Å². The van der Waals surface area contributed by atoms with Gasteiger partial charge in [0, 0.05) is 17.5 Å². The first-order valence-corrected chi connectivity index (χ1v) is 8.73. The maximum atomic E-state index is 13.7. The number of nitrogens with zero attached hydrogens (tertiary/aromatic N) is 2. The number of halogens is 1. The molecule has 142 valence electrons. The van der Waals surface area contributed by atoms with E-state index in [0.717, 1.165) is 5.56 Å². The zero-order valence-electron chi connectivity index (χ0n) is 16.0. The van der Waals surface area contributed by atoms with Crippen LogP contribution in [0.5, 0.6) is 11.5 Å². The summed E-state index contributed by atoms with van der Waals surface area (Å²) < 4.78 is 30.2. The van der Waals surface area contributed by atoms with E-state index in [4.69, 9.17) is 14.0 Å². The van der Waals surface area contributed by atoms with E-state index in [2.05, 4.69) is 30.9 Å². The van der Waals surface area contributed by atoms with E-state index in [0.29, 0.717) is 35.2 Å². The van der Waals surface area contributed by atoms with Gasteiger partial charge < -0.3 is 14.0 Å². The largest absolute Gasteiger partial charge is 0.493 e. The van der Waals surface area contributed by atoms with Crippen LogP contribution in [0.4, 0.5) is 4.39 Å². The molecule has 0 aliphatic rings. The van der Waals surface area contributed by atoms with Gasteiger partial charge in [-0.2, -0.15) is 4.98 Å². The maximum absolute atomic E-state index is 13.7. The van der Waals surface area contributed by atoms with Gasteiger partial charge in [-0.05, 0) is 29.7 Å². The summed E-state index contributed by atoms with van der Waals surface area (Å²) >= 11 is 0. The van der Waals surface area contributed by atoms with E-state index >= 15 is 0 Å². The third-order valence-corrected chi connectivity index (χ3v) is 3.91. The normalized spacial score (nSPS) is 11.4. The predicted octanol–water partition coefficient (Wildman–Crippen LogP) is 5.05. The Balaban J connectivity index is 1.77. The molecule has 5 nitrogen and oxygen atoms in total. The number of hydrogen-bond donors (Lipinski definition) is 0. The molecule has 3 aromatic rings. The summed E-state index contributed by atoms with van der Waals surface area (Å²) in [7, 11) is 1.55. The maximum Gasteiger partial charge on any atom is 0.227 e. The summed E-state index contributed by atoms with van der Waals surface area (Å²) in [6.45, 7) is 6.45. The Morgan fingerprint density at radius 1 is 1.07 bits per heavy atom. The van der Waals surface area contributed by atoms with Crippen LogP contribution in [0.2, 0.25) is 0 Å². The number of methoxy groups -OCH3 is 1. The van der Waals surface area contributed by atoms with Crippen LogP contribution in [0.3, 0.4) is 0 Å². The van der Waals surface area contributed by atoms with E-state index in [9.17, 15) is 4.39 Å². The van der Waals surface area contributed by atoms with Gasteiger partial charge in [-0.25, -0.2) is 4.39 Å². The van der Waals surface area contributed by atoms with Crippen molar-refractivity contribution in [1.29, 1.82) is 0 Å². The Morgan fingerprint density at radius 3 is 2.56 bits per heavy atom. The van der Waals surface area contributed by atoms with Crippen molar-refractivity contribution in [2.45, 2.75) is 33.8 Å². The first-order valence-electron chi connectivity index (χ1n) is 8.73. The van der Waals surface area contributed by atoms with Crippen LogP contribution in [0.1, 0.15) is 32.2 Å². The molecule has 0 aliphatic carbocycles. The molecule has 2 aromatic carbocycles. The van der Waals surface area contributed by atoms with Gasteiger partial charge in [-0.15, -0.1) is 0 Å². The number of hydrogen-bond acceptors (Lipinski definition) is 5. The van der Waals surface area contributed by atoms with Gasteiger partial charge in [0.05, 0.1) is 7.11 Å². The summed E-state index contributed by atoms with van der Waals surface area (Å²) in [5.74, 6) is 1.82. The molecule has 1 aromatic heterocycles. The van der Waals surface area contributed by atoms with Crippen molar-refractivity contribution in [3.05, 3.63) is 59.7 Å². The lowest BCUT2D eigenvalue weighted by atomic mass is 9.92. The molecule has 3 rings (SSSR count). The summed E-state index contributed by atoms with van der Waals surface area (Å²) in [5, 5.41) is 4.05. The Bertz CT molecular complexity index is 916. The van der Waals surface area contributed by atoms with Crippen LogP contribution >= 0.6 is 0 Å². The molecule has 0 amide bonds. The second kappa shape index (κ2) is 7.78. The average molecular weight is 370 g/mol. The number of benzene rings is 2. The molecule has 0 saturated heterocycles. The summed E-state index contributed by atoms with van der Waals surface area (Å²) in [5.41, 5.74) is 1.30. The van der Waals surface area contributed by atoms with Crippen molar-refractivity contribution in [1.82, 2.24) is 10.1 Å². The minimum Gasteiger partial charge on any atom is -0.493 e. The minimum atomic E-state index is -0.300. The van der Waals surface area contributed by atoms with Gasteiger partial charge in [0.25, 0.3) is 0 Å². The molecule has 6 heteroatoms. The molecule has 0 spiro atoms. The quantitative estimate of drug-likeness (QED) is 0.607. The highest BCUT2D eigenvalue weighted by Crippen LogP contribution is 2.32. The van der Waals surface area contributed by atoms with Gasteiger partial charge >= 0.3 is 0 Å². The number of ether oxygens (including phenoxy) is 2. The van der Waals surface area contributed by atoms with Crippen molar-refractivity contribution < 1.29 is 18.4 Å². The van der Waals surface area contributed by atoms with Crippen molar-refractivity contribution in [2.75, 3.05) is 7.11 Å². The first-order chi connectivity index (χ1) is 12.9. The molecule has 0 saturated carbocycles. The van der Waals surface area contributed by atoms with E-state index in [1.807, 2.05) is 6.07 Å². The molecular formula is C21H23FN2O3. The molecule has 0 N–H and O–H groups in total. The SMILES string of the molecule is COc1cc(-c2noc(CC(C)(C)C)n2)ccc1OCc1ccccc1F. The van der Waals surface area contributed by atoms with Crippen molar-refractivity contribution >= 4 is 0 Å². The minimum absolute atomic E-state index is 0.0614. The number of aromatic nitrogens is 2. The van der Waals surface area contributed by atoms with E-state index in [-0.39, 0.29) is 17.8 Å². The second-order valence-electron chi connectivity index (χ2n) is 7.49. The zero-order chi connectivity index (χ0) is 19.4. The molecule has 1 heterocycles. The average Bonchev–Trinajstić information content (AvgIpc) is 3.07. The molecule has 0 aliphatic heterocycles. The van der Waals surface area contributed by atoms with Crippen LogP contribution in [-0.2, 0) is 13.0 Å². The van der Waals surface area contributed by atoms with Crippen molar-refractivity contribution in [3.63, 3.8) is 0 Å². The fourth-order valence-electron chi connectivity index (χ4n) is 2.59. The number of rotatable bonds is 6. The van der Waals surface area contributed by atoms with Gasteiger partial charge in [0.15, 0.2) is 11.5 Å². The Kier molecular flexibility index (Phi) is 5.44. The summed E-state index contributed by atoms with van der Waals surface area (Å²) in [6.07, 6.45) is 0.695. The van der Waals surface area contributed by atoms with Crippen LogP contribution in [0.15, 0.2) is 47.0 Å². The second-order valence-corrected chi connectivity index (χ2v) is 7.49. The molecular weight excluding hydrogens is 347 g/mol. The van der Waals surface area contributed by atoms with Gasteiger partial charge in [0.2, 0.25) is 11.7 Å². The Labute approximate surface area is 158 Å².